The number of benzene rings is 1. The second-order valence-electron chi connectivity index (χ2n) is 5.64. The highest BCUT2D eigenvalue weighted by atomic mass is 32.2. The van der Waals surface area contributed by atoms with Crippen molar-refractivity contribution in [2.45, 2.75) is 32.1 Å². The van der Waals surface area contributed by atoms with Crippen LogP contribution in [0.4, 0.5) is 4.39 Å². The van der Waals surface area contributed by atoms with E-state index in [0.717, 1.165) is 5.56 Å². The van der Waals surface area contributed by atoms with Crippen LogP contribution in [0.3, 0.4) is 0 Å². The maximum absolute atomic E-state index is 13.1. The molecule has 0 radical (unpaired) electrons. The maximum Gasteiger partial charge on any atom is 0.191 e. The molecule has 0 aromatic heterocycles. The van der Waals surface area contributed by atoms with Gasteiger partial charge in [0, 0.05) is 41.4 Å². The standard InChI is InChI=1S/C15H24FN3OS/c1-15(2,3)21(20)9-8-18-14(17-4)19-11-12-6-5-7-13(16)10-12/h5-7,10H,8-9,11H2,1-4H3,(H2,17,18,19). The van der Waals surface area contributed by atoms with Crippen molar-refractivity contribution in [1.82, 2.24) is 10.6 Å². The lowest BCUT2D eigenvalue weighted by Crippen LogP contribution is -2.40. The van der Waals surface area contributed by atoms with E-state index in [0.29, 0.717) is 24.8 Å². The minimum Gasteiger partial charge on any atom is -0.355 e. The molecule has 1 unspecified atom stereocenters. The van der Waals surface area contributed by atoms with Crippen LogP contribution in [0, 0.1) is 5.82 Å². The largest absolute Gasteiger partial charge is 0.355 e. The number of guanidine groups is 1. The van der Waals surface area contributed by atoms with Gasteiger partial charge in [-0.25, -0.2) is 4.39 Å². The average molecular weight is 313 g/mol. The third-order valence-corrected chi connectivity index (χ3v) is 4.78. The highest BCUT2D eigenvalue weighted by Crippen LogP contribution is 2.10. The first-order chi connectivity index (χ1) is 9.82. The Morgan fingerprint density at radius 3 is 2.62 bits per heavy atom. The zero-order valence-corrected chi connectivity index (χ0v) is 13.9. The van der Waals surface area contributed by atoms with Crippen LogP contribution in [0.25, 0.3) is 0 Å². The van der Waals surface area contributed by atoms with Crippen LogP contribution in [-0.4, -0.2) is 34.3 Å². The van der Waals surface area contributed by atoms with E-state index in [1.165, 1.54) is 12.1 Å². The van der Waals surface area contributed by atoms with Crippen molar-refractivity contribution >= 4 is 16.8 Å². The van der Waals surface area contributed by atoms with Gasteiger partial charge < -0.3 is 10.6 Å². The molecule has 0 amide bonds. The Balaban J connectivity index is 2.38. The summed E-state index contributed by atoms with van der Waals surface area (Å²) in [5, 5.41) is 6.21. The number of halogens is 1. The van der Waals surface area contributed by atoms with Gasteiger partial charge in [0.1, 0.15) is 5.82 Å². The monoisotopic (exact) mass is 313 g/mol. The topological polar surface area (TPSA) is 53.5 Å². The minimum atomic E-state index is -0.894. The third-order valence-electron chi connectivity index (χ3n) is 2.84. The minimum absolute atomic E-state index is 0.208. The van der Waals surface area contributed by atoms with E-state index >= 15 is 0 Å². The van der Waals surface area contributed by atoms with Crippen LogP contribution in [0.1, 0.15) is 26.3 Å². The van der Waals surface area contributed by atoms with Crippen LogP contribution in [0.2, 0.25) is 0 Å². The Labute approximate surface area is 128 Å². The summed E-state index contributed by atoms with van der Waals surface area (Å²) >= 11 is 0. The highest BCUT2D eigenvalue weighted by molar-refractivity contribution is 7.86. The number of aliphatic imine (C=N–C) groups is 1. The fourth-order valence-electron chi connectivity index (χ4n) is 1.62. The van der Waals surface area contributed by atoms with Crippen molar-refractivity contribution in [3.05, 3.63) is 35.6 Å². The lowest BCUT2D eigenvalue weighted by Gasteiger charge is -2.18. The molecule has 1 atom stereocenters. The summed E-state index contributed by atoms with van der Waals surface area (Å²) in [6.07, 6.45) is 0. The fourth-order valence-corrected chi connectivity index (χ4v) is 2.52. The molecular formula is C15H24FN3OS. The molecule has 0 spiro atoms. The Morgan fingerprint density at radius 2 is 2.05 bits per heavy atom. The van der Waals surface area contributed by atoms with Gasteiger partial charge in [0.15, 0.2) is 5.96 Å². The molecule has 0 heterocycles. The lowest BCUT2D eigenvalue weighted by molar-refractivity contribution is 0.624. The SMILES string of the molecule is CN=C(NCCS(=O)C(C)(C)C)NCc1cccc(F)c1. The Kier molecular flexibility index (Phi) is 6.81. The summed E-state index contributed by atoms with van der Waals surface area (Å²) in [5.74, 6) is 0.924. The summed E-state index contributed by atoms with van der Waals surface area (Å²) < 4.78 is 24.8. The second kappa shape index (κ2) is 8.12. The van der Waals surface area contributed by atoms with Gasteiger partial charge in [0.05, 0.1) is 0 Å². The zero-order valence-electron chi connectivity index (χ0n) is 13.1. The second-order valence-corrected chi connectivity index (χ2v) is 7.97. The first-order valence-corrected chi connectivity index (χ1v) is 8.22. The molecule has 0 aliphatic heterocycles. The van der Waals surface area contributed by atoms with Gasteiger partial charge in [0.2, 0.25) is 0 Å². The predicted molar refractivity (Wildman–Crippen MR) is 87.4 cm³/mol. The van der Waals surface area contributed by atoms with Crippen molar-refractivity contribution in [3.8, 4) is 0 Å². The highest BCUT2D eigenvalue weighted by Gasteiger charge is 2.18. The zero-order chi connectivity index (χ0) is 15.9. The Morgan fingerprint density at radius 1 is 1.33 bits per heavy atom. The van der Waals surface area contributed by atoms with Gasteiger partial charge in [-0.3, -0.25) is 9.20 Å². The van der Waals surface area contributed by atoms with Crippen molar-refractivity contribution in [1.29, 1.82) is 0 Å². The molecule has 0 saturated heterocycles. The summed E-state index contributed by atoms with van der Waals surface area (Å²) in [7, 11) is 0.775. The fraction of sp³-hybridized carbons (Fsp3) is 0.533. The smallest absolute Gasteiger partial charge is 0.191 e. The van der Waals surface area contributed by atoms with Crippen LogP contribution in [0.5, 0.6) is 0 Å². The van der Waals surface area contributed by atoms with E-state index in [2.05, 4.69) is 15.6 Å². The van der Waals surface area contributed by atoms with Crippen molar-refractivity contribution < 1.29 is 8.60 Å². The number of hydrogen-bond acceptors (Lipinski definition) is 2. The molecule has 0 aliphatic carbocycles. The predicted octanol–water partition coefficient (Wildman–Crippen LogP) is 2.04. The van der Waals surface area contributed by atoms with Crippen LogP contribution in [0.15, 0.2) is 29.3 Å². The summed E-state index contributed by atoms with van der Waals surface area (Å²) in [6.45, 7) is 6.94. The number of hydrogen-bond donors (Lipinski definition) is 2. The maximum atomic E-state index is 13.1. The number of nitrogens with one attached hydrogen (secondary N) is 2. The molecule has 1 rings (SSSR count). The first-order valence-electron chi connectivity index (χ1n) is 6.90. The van der Waals surface area contributed by atoms with Gasteiger partial charge in [-0.05, 0) is 38.5 Å². The van der Waals surface area contributed by atoms with E-state index < -0.39 is 10.8 Å². The van der Waals surface area contributed by atoms with Gasteiger partial charge in [-0.15, -0.1) is 0 Å². The van der Waals surface area contributed by atoms with Crippen molar-refractivity contribution in [2.75, 3.05) is 19.3 Å². The summed E-state index contributed by atoms with van der Waals surface area (Å²) in [4.78, 5) is 4.09. The molecule has 118 valence electrons. The quantitative estimate of drug-likeness (QED) is 0.646. The van der Waals surface area contributed by atoms with E-state index in [-0.39, 0.29) is 10.6 Å². The molecule has 6 heteroatoms. The van der Waals surface area contributed by atoms with Gasteiger partial charge >= 0.3 is 0 Å². The molecular weight excluding hydrogens is 289 g/mol. The van der Waals surface area contributed by atoms with Gasteiger partial charge in [-0.2, -0.15) is 0 Å². The van der Waals surface area contributed by atoms with Crippen LogP contribution in [-0.2, 0) is 17.3 Å². The molecule has 21 heavy (non-hydrogen) atoms. The van der Waals surface area contributed by atoms with Crippen molar-refractivity contribution in [3.63, 3.8) is 0 Å². The van der Waals surface area contributed by atoms with E-state index in [9.17, 15) is 8.60 Å². The van der Waals surface area contributed by atoms with Crippen LogP contribution >= 0.6 is 0 Å². The Hall–Kier alpha value is -1.43. The molecule has 1 aromatic rings. The summed E-state index contributed by atoms with van der Waals surface area (Å²) in [6, 6.07) is 6.42. The molecule has 2 N–H and O–H groups in total. The average Bonchev–Trinajstić information content (AvgIpc) is 2.41. The van der Waals surface area contributed by atoms with Crippen molar-refractivity contribution in [2.24, 2.45) is 4.99 Å². The molecule has 0 saturated carbocycles. The molecule has 4 nitrogen and oxygen atoms in total. The van der Waals surface area contributed by atoms with Crippen LogP contribution < -0.4 is 10.6 Å². The normalized spacial score (nSPS) is 13.9. The number of nitrogens with zero attached hydrogens (tertiary/aromatic N) is 1. The van der Waals surface area contributed by atoms with Gasteiger partial charge in [0.25, 0.3) is 0 Å². The van der Waals surface area contributed by atoms with Gasteiger partial charge in [-0.1, -0.05) is 12.1 Å². The molecule has 0 bridgehead atoms. The molecule has 0 fully saturated rings. The molecule has 0 aliphatic rings. The molecule has 1 aromatic carbocycles. The third kappa shape index (κ3) is 6.71. The summed E-state index contributed by atoms with van der Waals surface area (Å²) in [5.41, 5.74) is 0.844. The lowest BCUT2D eigenvalue weighted by atomic mass is 10.2. The first kappa shape index (κ1) is 17.6. The van der Waals surface area contributed by atoms with E-state index in [1.54, 1.807) is 13.1 Å². The number of rotatable bonds is 5. The van der Waals surface area contributed by atoms with E-state index in [4.69, 9.17) is 0 Å². The van der Waals surface area contributed by atoms with E-state index in [1.807, 2.05) is 26.8 Å². The Bertz CT molecular complexity index is 512.